The molecule has 88 valence electrons. The number of aliphatic hydroxyl groups is 1. The van der Waals surface area contributed by atoms with Gasteiger partial charge in [0.2, 0.25) is 0 Å². The first-order chi connectivity index (χ1) is 7.79. The van der Waals surface area contributed by atoms with Crippen LogP contribution < -0.4 is 0 Å². The first-order valence-corrected chi connectivity index (χ1v) is 5.86. The molecule has 0 atom stereocenters. The lowest BCUT2D eigenvalue weighted by molar-refractivity contribution is 0.183. The summed E-state index contributed by atoms with van der Waals surface area (Å²) in [6.45, 7) is 2.35. The van der Waals surface area contributed by atoms with Crippen molar-refractivity contribution in [2.75, 3.05) is 19.7 Å². The molecule has 1 aromatic carbocycles. The second kappa shape index (κ2) is 5.41. The lowest BCUT2D eigenvalue weighted by Crippen LogP contribution is -2.29. The number of hydrogen-bond acceptors (Lipinski definition) is 2. The van der Waals surface area contributed by atoms with Crippen LogP contribution in [-0.2, 0) is 6.54 Å². The summed E-state index contributed by atoms with van der Waals surface area (Å²) in [7, 11) is 0. The van der Waals surface area contributed by atoms with Crippen molar-refractivity contribution in [3.8, 4) is 0 Å². The Balaban J connectivity index is 1.95. The van der Waals surface area contributed by atoms with Crippen LogP contribution in [0.1, 0.15) is 18.4 Å². The van der Waals surface area contributed by atoms with Gasteiger partial charge in [0.25, 0.3) is 0 Å². The zero-order chi connectivity index (χ0) is 11.4. The van der Waals surface area contributed by atoms with E-state index in [0.717, 1.165) is 18.0 Å². The SMILES string of the molecule is OCCN(Cc1ccccc1F)CC1CC1. The molecule has 2 rings (SSSR count). The molecular formula is C13H18FNO. The van der Waals surface area contributed by atoms with E-state index in [4.69, 9.17) is 5.11 Å². The lowest BCUT2D eigenvalue weighted by atomic mass is 10.2. The molecule has 0 spiro atoms. The molecule has 2 nitrogen and oxygen atoms in total. The molecule has 16 heavy (non-hydrogen) atoms. The maximum Gasteiger partial charge on any atom is 0.127 e. The Bertz CT molecular complexity index is 338. The fourth-order valence-electron chi connectivity index (χ4n) is 1.91. The van der Waals surface area contributed by atoms with Crippen LogP contribution in [0.5, 0.6) is 0 Å². The van der Waals surface area contributed by atoms with Gasteiger partial charge in [-0.05, 0) is 24.8 Å². The van der Waals surface area contributed by atoms with E-state index in [-0.39, 0.29) is 12.4 Å². The van der Waals surface area contributed by atoms with Gasteiger partial charge in [-0.3, -0.25) is 4.90 Å². The predicted molar refractivity (Wildman–Crippen MR) is 61.5 cm³/mol. The molecule has 3 heteroatoms. The summed E-state index contributed by atoms with van der Waals surface area (Å²) in [5.41, 5.74) is 0.719. The second-order valence-electron chi connectivity index (χ2n) is 4.49. The topological polar surface area (TPSA) is 23.5 Å². The van der Waals surface area contributed by atoms with E-state index < -0.39 is 0 Å². The molecule has 0 aromatic heterocycles. The third-order valence-electron chi connectivity index (χ3n) is 2.98. The molecule has 0 amide bonds. The van der Waals surface area contributed by atoms with Crippen LogP contribution in [-0.4, -0.2) is 29.7 Å². The highest BCUT2D eigenvalue weighted by molar-refractivity contribution is 5.17. The summed E-state index contributed by atoms with van der Waals surface area (Å²) < 4.78 is 13.5. The van der Waals surface area contributed by atoms with Crippen molar-refractivity contribution < 1.29 is 9.50 Å². The minimum Gasteiger partial charge on any atom is -0.395 e. The summed E-state index contributed by atoms with van der Waals surface area (Å²) in [5, 5.41) is 8.98. The molecule has 1 aliphatic carbocycles. The van der Waals surface area contributed by atoms with Crippen molar-refractivity contribution in [3.63, 3.8) is 0 Å². The van der Waals surface area contributed by atoms with E-state index in [9.17, 15) is 4.39 Å². The van der Waals surface area contributed by atoms with Gasteiger partial charge in [-0.2, -0.15) is 0 Å². The Labute approximate surface area is 95.7 Å². The largest absolute Gasteiger partial charge is 0.395 e. The van der Waals surface area contributed by atoms with Gasteiger partial charge in [0, 0.05) is 25.2 Å². The van der Waals surface area contributed by atoms with E-state index in [2.05, 4.69) is 4.90 Å². The fourth-order valence-corrected chi connectivity index (χ4v) is 1.91. The van der Waals surface area contributed by atoms with Crippen LogP contribution in [0, 0.1) is 11.7 Å². The Kier molecular flexibility index (Phi) is 3.91. The van der Waals surface area contributed by atoms with E-state index >= 15 is 0 Å². The van der Waals surface area contributed by atoms with Gasteiger partial charge in [0.15, 0.2) is 0 Å². The average molecular weight is 223 g/mol. The van der Waals surface area contributed by atoms with Crippen LogP contribution in [0.15, 0.2) is 24.3 Å². The fraction of sp³-hybridized carbons (Fsp3) is 0.538. The lowest BCUT2D eigenvalue weighted by Gasteiger charge is -2.21. The van der Waals surface area contributed by atoms with Gasteiger partial charge in [0.1, 0.15) is 5.82 Å². The van der Waals surface area contributed by atoms with Crippen molar-refractivity contribution in [2.45, 2.75) is 19.4 Å². The summed E-state index contributed by atoms with van der Waals surface area (Å²) in [4.78, 5) is 2.13. The van der Waals surface area contributed by atoms with Gasteiger partial charge in [-0.25, -0.2) is 4.39 Å². The average Bonchev–Trinajstić information content (AvgIpc) is 3.06. The monoisotopic (exact) mass is 223 g/mol. The van der Waals surface area contributed by atoms with Crippen molar-refractivity contribution in [1.29, 1.82) is 0 Å². The summed E-state index contributed by atoms with van der Waals surface area (Å²) in [6, 6.07) is 6.86. The van der Waals surface area contributed by atoms with Crippen LogP contribution in [0.3, 0.4) is 0 Å². The van der Waals surface area contributed by atoms with E-state index in [1.807, 2.05) is 12.1 Å². The quantitative estimate of drug-likeness (QED) is 0.797. The molecule has 0 saturated heterocycles. The Morgan fingerprint density at radius 2 is 2.06 bits per heavy atom. The summed E-state index contributed by atoms with van der Waals surface area (Å²) in [6.07, 6.45) is 2.55. The van der Waals surface area contributed by atoms with E-state index in [1.165, 1.54) is 18.9 Å². The van der Waals surface area contributed by atoms with Crippen molar-refractivity contribution in [1.82, 2.24) is 4.90 Å². The maximum atomic E-state index is 13.5. The molecule has 1 N–H and O–H groups in total. The highest BCUT2D eigenvalue weighted by atomic mass is 19.1. The van der Waals surface area contributed by atoms with Gasteiger partial charge in [0.05, 0.1) is 6.61 Å². The van der Waals surface area contributed by atoms with Crippen molar-refractivity contribution >= 4 is 0 Å². The number of nitrogens with zero attached hydrogens (tertiary/aromatic N) is 1. The predicted octanol–water partition coefficient (Wildman–Crippen LogP) is 2.03. The molecule has 0 aliphatic heterocycles. The molecule has 1 fully saturated rings. The molecular weight excluding hydrogens is 205 g/mol. The van der Waals surface area contributed by atoms with E-state index in [0.29, 0.717) is 13.1 Å². The molecule has 0 radical (unpaired) electrons. The molecule has 0 unspecified atom stereocenters. The molecule has 1 aliphatic rings. The van der Waals surface area contributed by atoms with Gasteiger partial charge in [-0.1, -0.05) is 18.2 Å². The number of halogens is 1. The normalized spacial score (nSPS) is 15.7. The van der Waals surface area contributed by atoms with E-state index in [1.54, 1.807) is 6.07 Å². The van der Waals surface area contributed by atoms with Crippen molar-refractivity contribution in [2.24, 2.45) is 5.92 Å². The highest BCUT2D eigenvalue weighted by Gasteiger charge is 2.24. The minimum absolute atomic E-state index is 0.140. The van der Waals surface area contributed by atoms with Crippen molar-refractivity contribution in [3.05, 3.63) is 35.6 Å². The molecule has 0 bridgehead atoms. The number of hydrogen-bond donors (Lipinski definition) is 1. The Morgan fingerprint density at radius 1 is 1.31 bits per heavy atom. The van der Waals surface area contributed by atoms with Crippen LogP contribution in [0.2, 0.25) is 0 Å². The zero-order valence-corrected chi connectivity index (χ0v) is 9.40. The summed E-state index contributed by atoms with van der Waals surface area (Å²) >= 11 is 0. The minimum atomic E-state index is -0.152. The van der Waals surface area contributed by atoms with Crippen LogP contribution in [0.4, 0.5) is 4.39 Å². The Morgan fingerprint density at radius 3 is 2.69 bits per heavy atom. The molecule has 1 aromatic rings. The number of aliphatic hydroxyl groups excluding tert-OH is 1. The maximum absolute atomic E-state index is 13.5. The zero-order valence-electron chi connectivity index (χ0n) is 9.40. The standard InChI is InChI=1S/C13H18FNO/c14-13-4-2-1-3-12(13)10-15(7-8-16)9-11-5-6-11/h1-4,11,16H,5-10H2. The molecule has 1 saturated carbocycles. The first kappa shape index (κ1) is 11.6. The number of benzene rings is 1. The van der Waals surface area contributed by atoms with Crippen LogP contribution in [0.25, 0.3) is 0 Å². The smallest absolute Gasteiger partial charge is 0.127 e. The van der Waals surface area contributed by atoms with Gasteiger partial charge < -0.3 is 5.11 Å². The first-order valence-electron chi connectivity index (χ1n) is 5.86. The Hall–Kier alpha value is -0.930. The van der Waals surface area contributed by atoms with Gasteiger partial charge in [-0.15, -0.1) is 0 Å². The highest BCUT2D eigenvalue weighted by Crippen LogP contribution is 2.30. The molecule has 0 heterocycles. The second-order valence-corrected chi connectivity index (χ2v) is 4.49. The number of rotatable bonds is 6. The third kappa shape index (κ3) is 3.29. The van der Waals surface area contributed by atoms with Gasteiger partial charge >= 0.3 is 0 Å². The third-order valence-corrected chi connectivity index (χ3v) is 2.98. The summed E-state index contributed by atoms with van der Waals surface area (Å²) in [5.74, 6) is 0.611. The van der Waals surface area contributed by atoms with Crippen LogP contribution >= 0.6 is 0 Å².